The molecule has 1 N–H and O–H groups in total. The van der Waals surface area contributed by atoms with E-state index in [4.69, 9.17) is 12.2 Å². The number of hydrogen-bond acceptors (Lipinski definition) is 2. The Kier molecular flexibility index (Phi) is 3.19. The van der Waals surface area contributed by atoms with Gasteiger partial charge in [0.2, 0.25) is 0 Å². The van der Waals surface area contributed by atoms with Gasteiger partial charge in [0.15, 0.2) is 4.77 Å². The fourth-order valence-corrected chi connectivity index (χ4v) is 1.99. The average molecular weight is 233 g/mol. The van der Waals surface area contributed by atoms with Gasteiger partial charge in [-0.2, -0.15) is 5.10 Å². The molecule has 0 aliphatic carbocycles. The summed E-state index contributed by atoms with van der Waals surface area (Å²) in [6.45, 7) is 4.97. The Hall–Kier alpha value is -1.42. The lowest BCUT2D eigenvalue weighted by Crippen LogP contribution is -2.04. The molecule has 0 saturated carbocycles. The predicted molar refractivity (Wildman–Crippen MR) is 67.1 cm³/mol. The fraction of sp³-hybridized carbons (Fsp3) is 0.333. The van der Waals surface area contributed by atoms with Gasteiger partial charge in [-0.25, -0.2) is 0 Å². The van der Waals surface area contributed by atoms with E-state index in [9.17, 15) is 0 Å². The van der Waals surface area contributed by atoms with Crippen molar-refractivity contribution in [2.75, 3.05) is 0 Å². The van der Waals surface area contributed by atoms with E-state index >= 15 is 0 Å². The highest BCUT2D eigenvalue weighted by molar-refractivity contribution is 7.71. The molecule has 0 saturated heterocycles. The van der Waals surface area contributed by atoms with Crippen molar-refractivity contribution >= 4 is 12.2 Å². The Bertz CT molecular complexity index is 539. The standard InChI is InChI=1S/C12H15N3S/c1-3-11-13-14-12(16)15(11)8-10-6-4-5-9(2)7-10/h4-7H,3,8H2,1-2H3,(H,14,16). The van der Waals surface area contributed by atoms with E-state index in [-0.39, 0.29) is 0 Å². The summed E-state index contributed by atoms with van der Waals surface area (Å²) in [5.41, 5.74) is 2.53. The highest BCUT2D eigenvalue weighted by Crippen LogP contribution is 2.08. The SMILES string of the molecule is CCc1n[nH]c(=S)n1Cc1cccc(C)c1. The summed E-state index contributed by atoms with van der Waals surface area (Å²) in [4.78, 5) is 0. The third kappa shape index (κ3) is 2.22. The van der Waals surface area contributed by atoms with E-state index in [1.165, 1.54) is 11.1 Å². The van der Waals surface area contributed by atoms with Gasteiger partial charge in [-0.05, 0) is 24.7 Å². The summed E-state index contributed by atoms with van der Waals surface area (Å²) in [6.07, 6.45) is 0.888. The van der Waals surface area contributed by atoms with E-state index < -0.39 is 0 Å². The van der Waals surface area contributed by atoms with Gasteiger partial charge in [0.05, 0.1) is 6.54 Å². The van der Waals surface area contributed by atoms with Gasteiger partial charge in [-0.3, -0.25) is 9.67 Å². The van der Waals surface area contributed by atoms with Crippen LogP contribution in [0.5, 0.6) is 0 Å². The number of nitrogens with zero attached hydrogens (tertiary/aromatic N) is 2. The maximum atomic E-state index is 5.22. The predicted octanol–water partition coefficient (Wildman–Crippen LogP) is 2.86. The fourth-order valence-electron chi connectivity index (χ4n) is 1.78. The van der Waals surface area contributed by atoms with Crippen LogP contribution >= 0.6 is 12.2 Å². The van der Waals surface area contributed by atoms with Gasteiger partial charge in [-0.1, -0.05) is 36.8 Å². The molecule has 1 heterocycles. The minimum Gasteiger partial charge on any atom is -0.300 e. The van der Waals surface area contributed by atoms with Crippen molar-refractivity contribution in [3.63, 3.8) is 0 Å². The lowest BCUT2D eigenvalue weighted by Gasteiger charge is -2.06. The van der Waals surface area contributed by atoms with Crippen molar-refractivity contribution in [2.45, 2.75) is 26.8 Å². The molecule has 0 unspecified atom stereocenters. The van der Waals surface area contributed by atoms with Crippen molar-refractivity contribution in [1.29, 1.82) is 0 Å². The molecule has 0 aliphatic heterocycles. The van der Waals surface area contributed by atoms with Crippen LogP contribution < -0.4 is 0 Å². The van der Waals surface area contributed by atoms with Crippen LogP contribution in [0.3, 0.4) is 0 Å². The Morgan fingerprint density at radius 1 is 1.44 bits per heavy atom. The molecule has 84 valence electrons. The molecule has 0 fully saturated rings. The van der Waals surface area contributed by atoms with Gasteiger partial charge < -0.3 is 0 Å². The Morgan fingerprint density at radius 3 is 2.94 bits per heavy atom. The lowest BCUT2D eigenvalue weighted by molar-refractivity contribution is 0.724. The molecule has 0 aliphatic rings. The van der Waals surface area contributed by atoms with Crippen LogP contribution in [0.4, 0.5) is 0 Å². The zero-order chi connectivity index (χ0) is 11.5. The molecule has 16 heavy (non-hydrogen) atoms. The maximum Gasteiger partial charge on any atom is 0.195 e. The molecule has 0 radical (unpaired) electrons. The van der Waals surface area contributed by atoms with E-state index in [0.29, 0.717) is 4.77 Å². The highest BCUT2D eigenvalue weighted by Gasteiger charge is 2.04. The average Bonchev–Trinajstić information content (AvgIpc) is 2.60. The van der Waals surface area contributed by atoms with Crippen molar-refractivity contribution in [3.05, 3.63) is 46.0 Å². The van der Waals surface area contributed by atoms with Crippen LogP contribution in [0.1, 0.15) is 23.9 Å². The third-order valence-corrected chi connectivity index (χ3v) is 2.89. The van der Waals surface area contributed by atoms with E-state index in [2.05, 4.69) is 48.3 Å². The van der Waals surface area contributed by atoms with Crippen LogP contribution in [0.15, 0.2) is 24.3 Å². The summed E-state index contributed by atoms with van der Waals surface area (Å²) in [5.74, 6) is 1.01. The highest BCUT2D eigenvalue weighted by atomic mass is 32.1. The summed E-state index contributed by atoms with van der Waals surface area (Å²) in [6, 6.07) is 8.45. The zero-order valence-electron chi connectivity index (χ0n) is 9.53. The van der Waals surface area contributed by atoms with Crippen molar-refractivity contribution < 1.29 is 0 Å². The quantitative estimate of drug-likeness (QED) is 0.827. The van der Waals surface area contributed by atoms with Gasteiger partial charge >= 0.3 is 0 Å². The molecule has 3 nitrogen and oxygen atoms in total. The molecular formula is C12H15N3S. The molecule has 0 spiro atoms. The van der Waals surface area contributed by atoms with Gasteiger partial charge in [0.25, 0.3) is 0 Å². The molecule has 4 heteroatoms. The molecular weight excluding hydrogens is 218 g/mol. The second-order valence-corrected chi connectivity index (χ2v) is 4.26. The lowest BCUT2D eigenvalue weighted by atomic mass is 10.1. The molecule has 2 rings (SSSR count). The normalized spacial score (nSPS) is 10.6. The van der Waals surface area contributed by atoms with Crippen LogP contribution in [-0.2, 0) is 13.0 Å². The Morgan fingerprint density at radius 2 is 2.25 bits per heavy atom. The van der Waals surface area contributed by atoms with Crippen molar-refractivity contribution in [1.82, 2.24) is 14.8 Å². The van der Waals surface area contributed by atoms with Gasteiger partial charge in [0.1, 0.15) is 5.82 Å². The smallest absolute Gasteiger partial charge is 0.195 e. The summed E-state index contributed by atoms with van der Waals surface area (Å²) < 4.78 is 2.74. The number of hydrogen-bond donors (Lipinski definition) is 1. The van der Waals surface area contributed by atoms with Crippen LogP contribution in [-0.4, -0.2) is 14.8 Å². The van der Waals surface area contributed by atoms with Crippen molar-refractivity contribution in [2.24, 2.45) is 0 Å². The summed E-state index contributed by atoms with van der Waals surface area (Å²) in [7, 11) is 0. The number of aromatic nitrogens is 3. The molecule has 0 amide bonds. The summed E-state index contributed by atoms with van der Waals surface area (Å²) >= 11 is 5.22. The monoisotopic (exact) mass is 233 g/mol. The number of aromatic amines is 1. The third-order valence-electron chi connectivity index (χ3n) is 2.58. The zero-order valence-corrected chi connectivity index (χ0v) is 10.3. The first-order valence-corrected chi connectivity index (χ1v) is 5.81. The Labute approximate surface area is 100 Å². The van der Waals surface area contributed by atoms with Gasteiger partial charge in [0, 0.05) is 6.42 Å². The van der Waals surface area contributed by atoms with Crippen molar-refractivity contribution in [3.8, 4) is 0 Å². The molecule has 1 aromatic heterocycles. The topological polar surface area (TPSA) is 33.6 Å². The maximum absolute atomic E-state index is 5.22. The van der Waals surface area contributed by atoms with E-state index in [1.807, 2.05) is 4.57 Å². The molecule has 0 atom stereocenters. The van der Waals surface area contributed by atoms with Crippen LogP contribution in [0, 0.1) is 11.7 Å². The number of rotatable bonds is 3. The second kappa shape index (κ2) is 4.61. The summed E-state index contributed by atoms with van der Waals surface area (Å²) in [5, 5.41) is 7.04. The van der Waals surface area contributed by atoms with E-state index in [1.54, 1.807) is 0 Å². The first kappa shape index (κ1) is 11.1. The second-order valence-electron chi connectivity index (χ2n) is 3.87. The Balaban J connectivity index is 2.33. The molecule has 0 bridgehead atoms. The number of H-pyrrole nitrogens is 1. The number of aryl methyl sites for hydroxylation is 2. The van der Waals surface area contributed by atoms with Gasteiger partial charge in [-0.15, -0.1) is 0 Å². The number of nitrogens with one attached hydrogen (secondary N) is 1. The number of benzene rings is 1. The molecule has 1 aromatic carbocycles. The largest absolute Gasteiger partial charge is 0.300 e. The first-order valence-electron chi connectivity index (χ1n) is 5.40. The molecule has 2 aromatic rings. The minimum absolute atomic E-state index is 0.693. The minimum atomic E-state index is 0.693. The van der Waals surface area contributed by atoms with Crippen LogP contribution in [0.25, 0.3) is 0 Å². The van der Waals surface area contributed by atoms with E-state index in [0.717, 1.165) is 18.8 Å². The first-order chi connectivity index (χ1) is 7.70. The van der Waals surface area contributed by atoms with Crippen LogP contribution in [0.2, 0.25) is 0 Å².